The summed E-state index contributed by atoms with van der Waals surface area (Å²) in [4.78, 5) is 26.5. The zero-order valence-electron chi connectivity index (χ0n) is 18.3. The minimum absolute atomic E-state index is 0.0145. The van der Waals surface area contributed by atoms with Gasteiger partial charge in [-0.3, -0.25) is 9.59 Å². The molecule has 0 radical (unpaired) electrons. The van der Waals surface area contributed by atoms with E-state index in [2.05, 4.69) is 5.32 Å². The van der Waals surface area contributed by atoms with E-state index in [9.17, 15) is 9.59 Å². The predicted octanol–water partition coefficient (Wildman–Crippen LogP) is 3.37. The third-order valence-electron chi connectivity index (χ3n) is 6.73. The Morgan fingerprint density at radius 3 is 2.66 bits per heavy atom. The molecule has 3 aliphatic heterocycles. The number of fused-ring (bicyclic) bond motifs is 2. The molecule has 1 saturated heterocycles. The molecule has 32 heavy (non-hydrogen) atoms. The van der Waals surface area contributed by atoms with E-state index >= 15 is 0 Å². The van der Waals surface area contributed by atoms with Gasteiger partial charge in [0.1, 0.15) is 11.4 Å². The van der Waals surface area contributed by atoms with Crippen LogP contribution in [0, 0.1) is 0 Å². The summed E-state index contributed by atoms with van der Waals surface area (Å²) in [5, 5.41) is 3.25. The molecule has 3 aliphatic rings. The molecule has 0 bridgehead atoms. The molecular weight excluding hydrogens is 408 g/mol. The number of hydrogen-bond donors (Lipinski definition) is 1. The first-order valence-electron chi connectivity index (χ1n) is 11.2. The van der Waals surface area contributed by atoms with E-state index in [0.717, 1.165) is 41.2 Å². The molecule has 0 aliphatic carbocycles. The number of carbonyl (C=O) groups excluding carboxylic acids is 2. The number of benzene rings is 2. The fraction of sp³-hybridized carbons (Fsp3) is 0.440. The van der Waals surface area contributed by atoms with Crippen LogP contribution in [0.15, 0.2) is 42.5 Å². The van der Waals surface area contributed by atoms with E-state index in [-0.39, 0.29) is 30.3 Å². The zero-order chi connectivity index (χ0) is 22.1. The number of aryl methyl sites for hydroxylation is 1. The first-order valence-corrected chi connectivity index (χ1v) is 11.2. The predicted molar refractivity (Wildman–Crippen MR) is 118 cm³/mol. The Balaban J connectivity index is 1.26. The second-order valence-electron chi connectivity index (χ2n) is 8.84. The van der Waals surface area contributed by atoms with Gasteiger partial charge in [-0.05, 0) is 30.2 Å². The minimum atomic E-state index is -0.352. The van der Waals surface area contributed by atoms with E-state index in [1.165, 1.54) is 0 Å². The summed E-state index contributed by atoms with van der Waals surface area (Å²) in [7, 11) is 0. The van der Waals surface area contributed by atoms with Crippen LogP contribution < -0.4 is 19.5 Å². The van der Waals surface area contributed by atoms with Gasteiger partial charge in [0.2, 0.25) is 18.6 Å². The largest absolute Gasteiger partial charge is 0.487 e. The molecule has 1 atom stereocenters. The maximum absolute atomic E-state index is 12.9. The molecule has 2 aromatic carbocycles. The van der Waals surface area contributed by atoms with Crippen LogP contribution in [0.5, 0.6) is 17.2 Å². The van der Waals surface area contributed by atoms with Crippen molar-refractivity contribution in [2.45, 2.75) is 50.7 Å². The average Bonchev–Trinajstić information content (AvgIpc) is 3.26. The molecule has 5 rings (SSSR count). The fourth-order valence-electron chi connectivity index (χ4n) is 4.90. The van der Waals surface area contributed by atoms with E-state index in [4.69, 9.17) is 14.2 Å². The lowest BCUT2D eigenvalue weighted by Gasteiger charge is -2.46. The lowest BCUT2D eigenvalue weighted by Crippen LogP contribution is -2.53. The average molecular weight is 437 g/mol. The van der Waals surface area contributed by atoms with E-state index in [0.29, 0.717) is 32.4 Å². The maximum Gasteiger partial charge on any atom is 0.231 e. The Kier molecular flexibility index (Phi) is 5.41. The molecule has 1 unspecified atom stereocenters. The van der Waals surface area contributed by atoms with E-state index in [1.54, 1.807) is 6.92 Å². The second-order valence-corrected chi connectivity index (χ2v) is 8.84. The van der Waals surface area contributed by atoms with Crippen molar-refractivity contribution in [2.24, 2.45) is 0 Å². The van der Waals surface area contributed by atoms with E-state index in [1.807, 2.05) is 47.4 Å². The molecule has 0 saturated carbocycles. The minimum Gasteiger partial charge on any atom is -0.487 e. The van der Waals surface area contributed by atoms with Crippen LogP contribution in [0.3, 0.4) is 0 Å². The number of rotatable bonds is 4. The van der Waals surface area contributed by atoms with Crippen LogP contribution in [-0.2, 0) is 16.0 Å². The Morgan fingerprint density at radius 2 is 1.84 bits per heavy atom. The summed E-state index contributed by atoms with van der Waals surface area (Å²) in [6, 6.07) is 13.6. The van der Waals surface area contributed by atoms with Crippen molar-refractivity contribution < 1.29 is 23.8 Å². The van der Waals surface area contributed by atoms with Gasteiger partial charge in [-0.15, -0.1) is 0 Å². The number of likely N-dealkylation sites (tertiary alicyclic amines) is 1. The molecule has 3 heterocycles. The highest BCUT2D eigenvalue weighted by Crippen LogP contribution is 2.44. The van der Waals surface area contributed by atoms with Crippen LogP contribution in [-0.4, -0.2) is 42.2 Å². The van der Waals surface area contributed by atoms with Gasteiger partial charge in [0.25, 0.3) is 0 Å². The number of ether oxygens (including phenoxy) is 3. The molecule has 0 aromatic heterocycles. The highest BCUT2D eigenvalue weighted by Gasteiger charge is 2.44. The number of nitrogens with one attached hydrogen (secondary N) is 1. The van der Waals surface area contributed by atoms with Gasteiger partial charge >= 0.3 is 0 Å². The molecule has 2 aromatic rings. The second kappa shape index (κ2) is 8.37. The Morgan fingerprint density at radius 1 is 1.06 bits per heavy atom. The van der Waals surface area contributed by atoms with Crippen LogP contribution in [0.1, 0.15) is 49.8 Å². The molecule has 7 heteroatoms. The van der Waals surface area contributed by atoms with Gasteiger partial charge in [-0.1, -0.05) is 24.3 Å². The number of piperidine rings is 1. The fourth-order valence-corrected chi connectivity index (χ4v) is 4.90. The molecule has 1 fully saturated rings. The van der Waals surface area contributed by atoms with Gasteiger partial charge in [0.15, 0.2) is 11.5 Å². The third kappa shape index (κ3) is 4.11. The van der Waals surface area contributed by atoms with Crippen molar-refractivity contribution >= 4 is 11.8 Å². The van der Waals surface area contributed by atoms with Crippen LogP contribution in [0.2, 0.25) is 0 Å². The van der Waals surface area contributed by atoms with Gasteiger partial charge in [-0.25, -0.2) is 0 Å². The van der Waals surface area contributed by atoms with Crippen molar-refractivity contribution in [1.29, 1.82) is 0 Å². The van der Waals surface area contributed by atoms with Crippen LogP contribution >= 0.6 is 0 Å². The number of carbonyl (C=O) groups is 2. The topological polar surface area (TPSA) is 77.1 Å². The lowest BCUT2D eigenvalue weighted by molar-refractivity contribution is -0.133. The SMILES string of the molecule is CC(=O)N1CCC2(CC1)CC(NC(=O)CCc1ccc3c(c1)OCO3)c1ccccc1O2. The number of para-hydroxylation sites is 1. The molecule has 1 N–H and O–H groups in total. The van der Waals surface area contributed by atoms with E-state index < -0.39 is 0 Å². The summed E-state index contributed by atoms with van der Waals surface area (Å²) in [6.45, 7) is 3.22. The summed E-state index contributed by atoms with van der Waals surface area (Å²) in [6.07, 6.45) is 3.27. The maximum atomic E-state index is 12.9. The smallest absolute Gasteiger partial charge is 0.231 e. The van der Waals surface area contributed by atoms with Crippen molar-refractivity contribution in [3.05, 3.63) is 53.6 Å². The number of nitrogens with zero attached hydrogens (tertiary/aromatic N) is 1. The molecule has 1 spiro atoms. The molecular formula is C25H28N2O5. The van der Waals surface area contributed by atoms with Gasteiger partial charge in [-0.2, -0.15) is 0 Å². The highest BCUT2D eigenvalue weighted by molar-refractivity contribution is 5.77. The Bertz CT molecular complexity index is 1030. The molecule has 168 valence electrons. The van der Waals surface area contributed by atoms with Crippen LogP contribution in [0.4, 0.5) is 0 Å². The van der Waals surface area contributed by atoms with Crippen molar-refractivity contribution in [1.82, 2.24) is 10.2 Å². The summed E-state index contributed by atoms with van der Waals surface area (Å²) >= 11 is 0. The lowest BCUT2D eigenvalue weighted by atomic mass is 9.80. The molecule has 7 nitrogen and oxygen atoms in total. The van der Waals surface area contributed by atoms with Gasteiger partial charge < -0.3 is 24.4 Å². The number of hydrogen-bond acceptors (Lipinski definition) is 5. The summed E-state index contributed by atoms with van der Waals surface area (Å²) in [5.41, 5.74) is 1.71. The molecule has 2 amide bonds. The zero-order valence-corrected chi connectivity index (χ0v) is 18.3. The van der Waals surface area contributed by atoms with Crippen molar-refractivity contribution in [3.63, 3.8) is 0 Å². The van der Waals surface area contributed by atoms with Crippen molar-refractivity contribution in [3.8, 4) is 17.2 Å². The number of amides is 2. The van der Waals surface area contributed by atoms with Gasteiger partial charge in [0, 0.05) is 51.3 Å². The van der Waals surface area contributed by atoms with Crippen molar-refractivity contribution in [2.75, 3.05) is 19.9 Å². The first-order chi connectivity index (χ1) is 15.5. The van der Waals surface area contributed by atoms with Crippen LogP contribution in [0.25, 0.3) is 0 Å². The quantitative estimate of drug-likeness (QED) is 0.795. The standard InChI is InChI=1S/C25H28N2O5/c1-17(28)27-12-10-25(11-13-27)15-20(19-4-2-3-5-21(19)32-25)26-24(29)9-7-18-6-8-22-23(14-18)31-16-30-22/h2-6,8,14,20H,7,9-13,15-16H2,1H3,(H,26,29). The third-order valence-corrected chi connectivity index (χ3v) is 6.73. The summed E-state index contributed by atoms with van der Waals surface area (Å²) < 4.78 is 17.2. The summed E-state index contributed by atoms with van der Waals surface area (Å²) in [5.74, 6) is 2.43. The normalized spacial score (nSPS) is 20.4. The van der Waals surface area contributed by atoms with Gasteiger partial charge in [0.05, 0.1) is 6.04 Å². The highest BCUT2D eigenvalue weighted by atomic mass is 16.7. The Hall–Kier alpha value is -3.22. The Labute approximate surface area is 187 Å². The monoisotopic (exact) mass is 436 g/mol. The first kappa shape index (κ1) is 20.7.